The van der Waals surface area contributed by atoms with Crippen molar-refractivity contribution >= 4 is 11.9 Å². The highest BCUT2D eigenvalue weighted by Crippen LogP contribution is 2.35. The van der Waals surface area contributed by atoms with Gasteiger partial charge >= 0.3 is 11.9 Å². The van der Waals surface area contributed by atoms with Crippen LogP contribution in [0, 0.1) is 0 Å². The maximum absolute atomic E-state index is 11.3. The fraction of sp³-hybridized carbons (Fsp3) is 0.500. The molecule has 2 aromatic rings. The summed E-state index contributed by atoms with van der Waals surface area (Å²) < 4.78 is 26.6. The third kappa shape index (κ3) is 11.1. The lowest BCUT2D eigenvalue weighted by Crippen LogP contribution is -2.49. The van der Waals surface area contributed by atoms with E-state index in [2.05, 4.69) is 0 Å². The second-order valence-electron chi connectivity index (χ2n) is 9.10. The lowest BCUT2D eigenvalue weighted by atomic mass is 10.0. The van der Waals surface area contributed by atoms with Gasteiger partial charge in [0.1, 0.15) is 35.9 Å². The van der Waals surface area contributed by atoms with Crippen LogP contribution in [0.4, 0.5) is 0 Å². The van der Waals surface area contributed by atoms with Crippen LogP contribution in [0.2, 0.25) is 0 Å². The van der Waals surface area contributed by atoms with Crippen LogP contribution in [-0.2, 0) is 16.1 Å². The molecule has 1 fully saturated rings. The molecule has 13 heteroatoms. The number of aromatic carboxylic acids is 1. The van der Waals surface area contributed by atoms with Crippen molar-refractivity contribution in [3.05, 3.63) is 47.5 Å². The third-order valence-corrected chi connectivity index (χ3v) is 6.04. The largest absolute Gasteiger partial charge is 0.496 e. The highest BCUT2D eigenvalue weighted by atomic mass is 16.6. The Morgan fingerprint density at radius 2 is 1.66 bits per heavy atom. The van der Waals surface area contributed by atoms with Gasteiger partial charge in [0, 0.05) is 25.0 Å². The summed E-state index contributed by atoms with van der Waals surface area (Å²) in [4.78, 5) is 21.8. The highest BCUT2D eigenvalue weighted by Gasteiger charge is 2.35. The number of rotatable bonds is 14. The van der Waals surface area contributed by atoms with Crippen LogP contribution in [0.5, 0.6) is 23.0 Å². The van der Waals surface area contributed by atoms with Crippen molar-refractivity contribution in [3.8, 4) is 23.0 Å². The quantitative estimate of drug-likeness (QED) is 0.176. The number of carboxylic acids is 2. The van der Waals surface area contributed by atoms with E-state index in [-0.39, 0.29) is 30.8 Å². The van der Waals surface area contributed by atoms with E-state index in [1.807, 2.05) is 24.3 Å². The van der Waals surface area contributed by atoms with E-state index >= 15 is 0 Å². The molecule has 228 valence electrons. The van der Waals surface area contributed by atoms with Gasteiger partial charge in [-0.05, 0) is 37.0 Å². The molecule has 0 aliphatic carbocycles. The Labute approximate surface area is 237 Å². The first-order valence-corrected chi connectivity index (χ1v) is 13.0. The number of benzene rings is 2. The van der Waals surface area contributed by atoms with Gasteiger partial charge in [-0.3, -0.25) is 4.79 Å². The first-order chi connectivity index (χ1) is 19.6. The van der Waals surface area contributed by atoms with Gasteiger partial charge in [-0.25, -0.2) is 4.79 Å². The number of carbonyl (C=O) groups is 2. The summed E-state index contributed by atoms with van der Waals surface area (Å²) in [5, 5.41) is 53.5. The maximum Gasteiger partial charge on any atom is 0.339 e. The lowest BCUT2D eigenvalue weighted by Gasteiger charge is -2.33. The van der Waals surface area contributed by atoms with Gasteiger partial charge in [-0.2, -0.15) is 0 Å². The van der Waals surface area contributed by atoms with E-state index in [1.54, 1.807) is 0 Å². The summed E-state index contributed by atoms with van der Waals surface area (Å²) in [7, 11) is 2.83. The van der Waals surface area contributed by atoms with Gasteiger partial charge in [0.25, 0.3) is 0 Å². The normalized spacial score (nSPS) is 19.9. The number of unbranched alkanes of at least 4 members (excludes halogenated alkanes) is 2. The second kappa shape index (κ2) is 17.3. The lowest BCUT2D eigenvalue weighted by molar-refractivity contribution is -0.239. The zero-order valence-electron chi connectivity index (χ0n) is 23.0. The molecule has 2 aromatic carbocycles. The summed E-state index contributed by atoms with van der Waals surface area (Å²) in [5.74, 6) is -0.371. The number of aliphatic hydroxyl groups excluding tert-OH is 4. The monoisotopic (exact) mass is 582 g/mol. The van der Waals surface area contributed by atoms with E-state index in [1.165, 1.54) is 26.4 Å². The van der Waals surface area contributed by atoms with E-state index in [4.69, 9.17) is 49.2 Å². The van der Waals surface area contributed by atoms with Crippen LogP contribution in [0.1, 0.15) is 48.0 Å². The number of methoxy groups -OCH3 is 2. The minimum absolute atomic E-state index is 0.0135. The SMILES string of the molecule is COc1cc(C(=O)O)c(OC)cc1OCc1cccc(OCCCCCC(=O)O)c1.OC[C@H]1O[C@H](O)C[C@@H](O)[C@@H]1O. The van der Waals surface area contributed by atoms with Gasteiger partial charge in [-0.15, -0.1) is 0 Å². The summed E-state index contributed by atoms with van der Waals surface area (Å²) in [6.45, 7) is 0.322. The molecule has 0 radical (unpaired) electrons. The molecule has 0 saturated carbocycles. The molecular formula is C28H38O13. The van der Waals surface area contributed by atoms with E-state index in [9.17, 15) is 14.7 Å². The average molecular weight is 583 g/mol. The van der Waals surface area contributed by atoms with Crippen molar-refractivity contribution in [1.29, 1.82) is 0 Å². The molecular weight excluding hydrogens is 544 g/mol. The number of aliphatic carboxylic acids is 1. The zero-order chi connectivity index (χ0) is 30.4. The minimum Gasteiger partial charge on any atom is -0.496 e. The van der Waals surface area contributed by atoms with Gasteiger partial charge in [0.15, 0.2) is 17.8 Å². The van der Waals surface area contributed by atoms with E-state index < -0.39 is 43.1 Å². The summed E-state index contributed by atoms with van der Waals surface area (Å²) >= 11 is 0. The average Bonchev–Trinajstić information content (AvgIpc) is 2.95. The van der Waals surface area contributed by atoms with Gasteiger partial charge in [0.2, 0.25) is 0 Å². The van der Waals surface area contributed by atoms with Crippen LogP contribution < -0.4 is 18.9 Å². The van der Waals surface area contributed by atoms with Crippen molar-refractivity contribution in [2.24, 2.45) is 0 Å². The van der Waals surface area contributed by atoms with Gasteiger partial charge in [-0.1, -0.05) is 12.1 Å². The zero-order valence-corrected chi connectivity index (χ0v) is 23.0. The molecule has 13 nitrogen and oxygen atoms in total. The number of ether oxygens (including phenoxy) is 5. The molecule has 0 bridgehead atoms. The minimum atomic E-state index is -1.12. The molecule has 1 aliphatic rings. The summed E-state index contributed by atoms with van der Waals surface area (Å²) in [5.41, 5.74) is 0.849. The Kier molecular flexibility index (Phi) is 14.1. The predicted molar refractivity (Wildman–Crippen MR) is 143 cm³/mol. The molecule has 0 spiro atoms. The first-order valence-electron chi connectivity index (χ1n) is 13.0. The van der Waals surface area contributed by atoms with E-state index in [0.29, 0.717) is 30.3 Å². The Bertz CT molecular complexity index is 1110. The highest BCUT2D eigenvalue weighted by molar-refractivity contribution is 5.92. The summed E-state index contributed by atoms with van der Waals surface area (Å²) in [6, 6.07) is 10.3. The van der Waals surface area contributed by atoms with Gasteiger partial charge in [0.05, 0.1) is 33.5 Å². The van der Waals surface area contributed by atoms with Gasteiger partial charge < -0.3 is 54.3 Å². The van der Waals surface area contributed by atoms with Crippen LogP contribution in [0.25, 0.3) is 0 Å². The molecule has 41 heavy (non-hydrogen) atoms. The molecule has 6 N–H and O–H groups in total. The predicted octanol–water partition coefficient (Wildman–Crippen LogP) is 1.81. The van der Waals surface area contributed by atoms with Crippen LogP contribution in [-0.4, -0.2) is 94.6 Å². The molecule has 3 rings (SSSR count). The molecule has 1 aliphatic heterocycles. The third-order valence-electron chi connectivity index (χ3n) is 6.04. The summed E-state index contributed by atoms with van der Waals surface area (Å²) in [6.07, 6.45) is -1.73. The van der Waals surface area contributed by atoms with E-state index in [0.717, 1.165) is 18.4 Å². The van der Waals surface area contributed by atoms with Crippen LogP contribution in [0.3, 0.4) is 0 Å². The smallest absolute Gasteiger partial charge is 0.339 e. The maximum atomic E-state index is 11.3. The number of carboxylic acid groups (broad SMARTS) is 2. The number of aliphatic hydroxyl groups is 4. The standard InChI is InChI=1S/C22H26O8.C6H12O5/c1-27-18-13-20(19(28-2)12-17(18)22(25)26)30-14-15-7-6-8-16(11-15)29-10-5-3-4-9-21(23)24;7-2-4-6(10)3(8)1-5(9)11-4/h6-8,11-13H,3-5,9-10,14H2,1-2H3,(H,23,24)(H,25,26);3-10H,1-2H2/t;3-,4-,5+,6+/m.1/s1. The number of hydrogen-bond donors (Lipinski definition) is 6. The first kappa shape index (κ1) is 33.6. The van der Waals surface area contributed by atoms with Crippen molar-refractivity contribution < 1.29 is 63.9 Å². The topological polar surface area (TPSA) is 202 Å². The molecule has 1 heterocycles. The van der Waals surface area contributed by atoms with Crippen LogP contribution >= 0.6 is 0 Å². The molecule has 1 saturated heterocycles. The second-order valence-corrected chi connectivity index (χ2v) is 9.10. The number of hydrogen-bond acceptors (Lipinski definition) is 11. The van der Waals surface area contributed by atoms with Crippen molar-refractivity contribution in [1.82, 2.24) is 0 Å². The Hall–Kier alpha value is -3.62. The van der Waals surface area contributed by atoms with Crippen LogP contribution in [0.15, 0.2) is 36.4 Å². The van der Waals surface area contributed by atoms with Crippen molar-refractivity contribution in [3.63, 3.8) is 0 Å². The Morgan fingerprint density at radius 3 is 2.29 bits per heavy atom. The molecule has 0 amide bonds. The van der Waals surface area contributed by atoms with Crippen molar-refractivity contribution in [2.75, 3.05) is 27.4 Å². The Balaban J connectivity index is 0.000000446. The van der Waals surface area contributed by atoms with Crippen molar-refractivity contribution in [2.45, 2.75) is 63.3 Å². The molecule has 0 unspecified atom stereocenters. The fourth-order valence-corrected chi connectivity index (χ4v) is 3.86. The molecule has 0 aromatic heterocycles. The molecule has 4 atom stereocenters. The Morgan fingerprint density at radius 1 is 0.927 bits per heavy atom. The fourth-order valence-electron chi connectivity index (χ4n) is 3.86.